The maximum absolute atomic E-state index is 12.4. The third kappa shape index (κ3) is 2.72. The van der Waals surface area contributed by atoms with Gasteiger partial charge in [0.25, 0.3) is 11.4 Å². The number of halogens is 1. The first-order valence-corrected chi connectivity index (χ1v) is 6.02. The SMILES string of the molecule is O=C(c1ccccc1[N+](=O)[O-])c1cccc([N+](=O)[O-])c1Cl. The van der Waals surface area contributed by atoms with Gasteiger partial charge in [-0.3, -0.25) is 25.0 Å². The predicted octanol–water partition coefficient (Wildman–Crippen LogP) is 3.39. The van der Waals surface area contributed by atoms with Crippen molar-refractivity contribution in [2.75, 3.05) is 0 Å². The van der Waals surface area contributed by atoms with Crippen LogP contribution in [0.15, 0.2) is 42.5 Å². The summed E-state index contributed by atoms with van der Waals surface area (Å²) in [6.07, 6.45) is 0. The van der Waals surface area contributed by atoms with E-state index in [0.29, 0.717) is 0 Å². The lowest BCUT2D eigenvalue weighted by atomic mass is 10.0. The van der Waals surface area contributed by atoms with Crippen molar-refractivity contribution < 1.29 is 14.6 Å². The standard InChI is InChI=1S/C13H7ClN2O5/c14-12-9(5-3-7-11(12)16(20)21)13(17)8-4-1-2-6-10(8)15(18)19/h1-7H. The van der Waals surface area contributed by atoms with E-state index in [1.54, 1.807) is 0 Å². The summed E-state index contributed by atoms with van der Waals surface area (Å²) in [6.45, 7) is 0. The van der Waals surface area contributed by atoms with E-state index < -0.39 is 21.3 Å². The Morgan fingerprint density at radius 2 is 1.38 bits per heavy atom. The molecule has 2 aromatic rings. The van der Waals surface area contributed by atoms with E-state index in [4.69, 9.17) is 11.6 Å². The zero-order valence-electron chi connectivity index (χ0n) is 10.4. The van der Waals surface area contributed by atoms with Gasteiger partial charge in [-0.2, -0.15) is 0 Å². The Hall–Kier alpha value is -2.80. The van der Waals surface area contributed by atoms with Gasteiger partial charge in [-0.25, -0.2) is 0 Å². The first-order chi connectivity index (χ1) is 9.93. The molecule has 0 amide bonds. The summed E-state index contributed by atoms with van der Waals surface area (Å²) in [7, 11) is 0. The summed E-state index contributed by atoms with van der Waals surface area (Å²) < 4.78 is 0. The van der Waals surface area contributed by atoms with Crippen LogP contribution in [0.4, 0.5) is 11.4 Å². The number of nitro groups is 2. The van der Waals surface area contributed by atoms with Gasteiger partial charge >= 0.3 is 0 Å². The van der Waals surface area contributed by atoms with E-state index in [-0.39, 0.29) is 21.8 Å². The second-order valence-electron chi connectivity index (χ2n) is 4.00. The van der Waals surface area contributed by atoms with E-state index in [0.717, 1.165) is 6.07 Å². The van der Waals surface area contributed by atoms with Gasteiger partial charge in [-0.1, -0.05) is 29.8 Å². The molecule has 0 bridgehead atoms. The van der Waals surface area contributed by atoms with Crippen LogP contribution in [0.3, 0.4) is 0 Å². The predicted molar refractivity (Wildman–Crippen MR) is 74.6 cm³/mol. The van der Waals surface area contributed by atoms with E-state index >= 15 is 0 Å². The van der Waals surface area contributed by atoms with Crippen molar-refractivity contribution in [1.29, 1.82) is 0 Å². The van der Waals surface area contributed by atoms with Crippen LogP contribution in [-0.2, 0) is 0 Å². The van der Waals surface area contributed by atoms with Crippen LogP contribution in [0.25, 0.3) is 0 Å². The molecule has 0 aromatic heterocycles. The maximum atomic E-state index is 12.4. The molecule has 21 heavy (non-hydrogen) atoms. The molecule has 8 heteroatoms. The smallest absolute Gasteiger partial charge is 0.288 e. The van der Waals surface area contributed by atoms with Crippen LogP contribution in [0, 0.1) is 20.2 Å². The van der Waals surface area contributed by atoms with E-state index in [2.05, 4.69) is 0 Å². The molecule has 0 N–H and O–H groups in total. The lowest BCUT2D eigenvalue weighted by molar-refractivity contribution is -0.385. The van der Waals surface area contributed by atoms with Gasteiger partial charge in [-0.05, 0) is 12.1 Å². The van der Waals surface area contributed by atoms with Gasteiger partial charge in [0.15, 0.2) is 0 Å². The van der Waals surface area contributed by atoms with E-state index in [9.17, 15) is 25.0 Å². The Kier molecular flexibility index (Phi) is 3.95. The van der Waals surface area contributed by atoms with Gasteiger partial charge in [-0.15, -0.1) is 0 Å². The number of para-hydroxylation sites is 1. The number of nitro benzene ring substituents is 2. The van der Waals surface area contributed by atoms with Crippen molar-refractivity contribution in [3.05, 3.63) is 78.8 Å². The highest BCUT2D eigenvalue weighted by Crippen LogP contribution is 2.31. The van der Waals surface area contributed by atoms with Crippen molar-refractivity contribution in [1.82, 2.24) is 0 Å². The molecular formula is C13H7ClN2O5. The fourth-order valence-electron chi connectivity index (χ4n) is 1.81. The maximum Gasteiger partial charge on any atom is 0.288 e. The third-order valence-corrected chi connectivity index (χ3v) is 3.16. The number of rotatable bonds is 4. The van der Waals surface area contributed by atoms with Crippen molar-refractivity contribution in [2.24, 2.45) is 0 Å². The molecule has 0 saturated carbocycles. The average Bonchev–Trinajstić information content (AvgIpc) is 2.46. The Labute approximate surface area is 123 Å². The molecular weight excluding hydrogens is 300 g/mol. The molecule has 0 aliphatic carbocycles. The second-order valence-corrected chi connectivity index (χ2v) is 4.38. The van der Waals surface area contributed by atoms with E-state index in [1.165, 1.54) is 36.4 Å². The zero-order valence-corrected chi connectivity index (χ0v) is 11.1. The van der Waals surface area contributed by atoms with Crippen LogP contribution >= 0.6 is 11.6 Å². The number of hydrogen-bond donors (Lipinski definition) is 0. The molecule has 7 nitrogen and oxygen atoms in total. The summed E-state index contributed by atoms with van der Waals surface area (Å²) >= 11 is 5.85. The highest BCUT2D eigenvalue weighted by atomic mass is 35.5. The number of carbonyl (C=O) groups excluding carboxylic acids is 1. The third-order valence-electron chi connectivity index (χ3n) is 2.77. The molecule has 106 valence electrons. The average molecular weight is 307 g/mol. The van der Waals surface area contributed by atoms with Gasteiger partial charge in [0.05, 0.1) is 9.85 Å². The van der Waals surface area contributed by atoms with Crippen LogP contribution in [0.5, 0.6) is 0 Å². The van der Waals surface area contributed by atoms with Crippen molar-refractivity contribution in [3.8, 4) is 0 Å². The van der Waals surface area contributed by atoms with Crippen LogP contribution in [-0.4, -0.2) is 15.6 Å². The topological polar surface area (TPSA) is 103 Å². The van der Waals surface area contributed by atoms with Gasteiger partial charge in [0.2, 0.25) is 5.78 Å². The van der Waals surface area contributed by atoms with Gasteiger partial charge in [0.1, 0.15) is 10.6 Å². The Morgan fingerprint density at radius 1 is 0.857 bits per heavy atom. The number of nitrogens with zero attached hydrogens (tertiary/aromatic N) is 2. The fourth-order valence-corrected chi connectivity index (χ4v) is 2.09. The summed E-state index contributed by atoms with van der Waals surface area (Å²) in [5.74, 6) is -0.740. The van der Waals surface area contributed by atoms with Gasteiger partial charge < -0.3 is 0 Å². The monoisotopic (exact) mass is 306 g/mol. The molecule has 0 unspecified atom stereocenters. The van der Waals surface area contributed by atoms with Crippen molar-refractivity contribution in [2.45, 2.75) is 0 Å². The summed E-state index contributed by atoms with van der Waals surface area (Å²) in [5.41, 5.74) is -1.14. The molecule has 0 aliphatic rings. The molecule has 0 radical (unpaired) electrons. The molecule has 0 fully saturated rings. The minimum Gasteiger partial charge on any atom is -0.288 e. The quantitative estimate of drug-likeness (QED) is 0.489. The molecule has 0 heterocycles. The lowest BCUT2D eigenvalue weighted by Crippen LogP contribution is -2.07. The van der Waals surface area contributed by atoms with Gasteiger partial charge in [0, 0.05) is 17.7 Å². The minimum absolute atomic E-state index is 0.153. The fraction of sp³-hybridized carbons (Fsp3) is 0. The molecule has 2 aromatic carbocycles. The van der Waals surface area contributed by atoms with E-state index in [1.807, 2.05) is 0 Å². The highest BCUT2D eigenvalue weighted by Gasteiger charge is 2.25. The van der Waals surface area contributed by atoms with Crippen LogP contribution < -0.4 is 0 Å². The Morgan fingerprint density at radius 3 is 2.00 bits per heavy atom. The minimum atomic E-state index is -0.740. The second kappa shape index (κ2) is 5.68. The molecule has 0 saturated heterocycles. The molecule has 0 atom stereocenters. The number of carbonyl (C=O) groups is 1. The number of hydrogen-bond acceptors (Lipinski definition) is 5. The highest BCUT2D eigenvalue weighted by molar-refractivity contribution is 6.37. The summed E-state index contributed by atoms with van der Waals surface area (Å²) in [4.78, 5) is 32.7. The van der Waals surface area contributed by atoms with Crippen molar-refractivity contribution in [3.63, 3.8) is 0 Å². The molecule has 2 rings (SSSR count). The molecule has 0 spiro atoms. The number of ketones is 1. The lowest BCUT2D eigenvalue weighted by Gasteiger charge is -2.04. The van der Waals surface area contributed by atoms with Crippen LogP contribution in [0.2, 0.25) is 5.02 Å². The normalized spacial score (nSPS) is 10.1. The van der Waals surface area contributed by atoms with Crippen molar-refractivity contribution >= 4 is 28.8 Å². The summed E-state index contributed by atoms with van der Waals surface area (Å²) in [5, 5.41) is 21.4. The summed E-state index contributed by atoms with van der Waals surface area (Å²) in [6, 6.07) is 9.07. The zero-order chi connectivity index (χ0) is 15.6. The van der Waals surface area contributed by atoms with Crippen LogP contribution in [0.1, 0.15) is 15.9 Å². The Bertz CT molecular complexity index is 760. The first kappa shape index (κ1) is 14.6. The first-order valence-electron chi connectivity index (χ1n) is 5.64. The Balaban J connectivity index is 2.59. The molecule has 0 aliphatic heterocycles. The number of benzene rings is 2. The largest absolute Gasteiger partial charge is 0.288 e.